The zero-order valence-electron chi connectivity index (χ0n) is 28.5. The molecule has 0 radical (unpaired) electrons. The number of rotatable bonds is 32. The van der Waals surface area contributed by atoms with Gasteiger partial charge in [0.1, 0.15) is 6.61 Å². The minimum atomic E-state index is -4.75. The van der Waals surface area contributed by atoms with Crippen LogP contribution in [0.4, 0.5) is 0 Å². The lowest BCUT2D eigenvalue weighted by molar-refractivity contribution is -0.161. The number of carbonyl (C=O) groups excluding carboxylic acids is 2. The number of unbranched alkanes of at least 4 members (excludes halogenated alkanes) is 16. The largest absolute Gasteiger partial charge is 0.469 e. The fourth-order valence-electron chi connectivity index (χ4n) is 4.73. The van der Waals surface area contributed by atoms with Crippen molar-refractivity contribution in [3.05, 3.63) is 36.5 Å². The van der Waals surface area contributed by atoms with Crippen LogP contribution in [0.15, 0.2) is 36.5 Å². The van der Waals surface area contributed by atoms with Crippen molar-refractivity contribution in [1.82, 2.24) is 0 Å². The molecule has 0 bridgehead atoms. The molecule has 0 heterocycles. The van der Waals surface area contributed by atoms with Gasteiger partial charge in [0.05, 0.1) is 6.61 Å². The summed E-state index contributed by atoms with van der Waals surface area (Å²) in [5.74, 6) is -0.912. The van der Waals surface area contributed by atoms with Crippen LogP contribution in [0.2, 0.25) is 0 Å². The van der Waals surface area contributed by atoms with Crippen LogP contribution in [0.25, 0.3) is 0 Å². The second-order valence-corrected chi connectivity index (χ2v) is 13.1. The minimum Gasteiger partial charge on any atom is -0.462 e. The summed E-state index contributed by atoms with van der Waals surface area (Å²) in [6.45, 7) is 3.60. The molecule has 0 saturated carbocycles. The topological polar surface area (TPSA) is 119 Å². The molecular weight excluding hydrogens is 591 g/mol. The molecule has 0 aromatic heterocycles. The van der Waals surface area contributed by atoms with Crippen LogP contribution in [0.1, 0.15) is 162 Å². The predicted octanol–water partition coefficient (Wildman–Crippen LogP) is 10.2. The molecule has 0 aliphatic heterocycles. The third kappa shape index (κ3) is 35.0. The van der Waals surface area contributed by atoms with E-state index in [9.17, 15) is 14.2 Å². The summed E-state index contributed by atoms with van der Waals surface area (Å²) in [4.78, 5) is 42.5. The van der Waals surface area contributed by atoms with E-state index < -0.39 is 32.5 Å². The number of carbonyl (C=O) groups is 2. The zero-order chi connectivity index (χ0) is 33.3. The number of esters is 2. The lowest BCUT2D eigenvalue weighted by Gasteiger charge is -2.18. The minimum absolute atomic E-state index is 0.187. The molecule has 0 amide bonds. The first-order chi connectivity index (χ1) is 21.8. The molecule has 0 saturated heterocycles. The first-order valence-corrected chi connectivity index (χ1v) is 19.3. The molecule has 45 heavy (non-hydrogen) atoms. The number of hydrogen-bond acceptors (Lipinski definition) is 6. The second kappa shape index (κ2) is 32.2. The summed E-state index contributed by atoms with van der Waals surface area (Å²) < 4.78 is 26.2. The predicted molar refractivity (Wildman–Crippen MR) is 184 cm³/mol. The van der Waals surface area contributed by atoms with E-state index in [0.717, 1.165) is 57.8 Å². The van der Waals surface area contributed by atoms with Crippen molar-refractivity contribution >= 4 is 19.8 Å². The maximum atomic E-state index is 12.3. The van der Waals surface area contributed by atoms with Crippen LogP contribution in [-0.2, 0) is 28.2 Å². The molecule has 0 aliphatic rings. The lowest BCUT2D eigenvalue weighted by Crippen LogP contribution is -2.29. The highest BCUT2D eigenvalue weighted by Gasteiger charge is 2.22. The molecule has 0 spiro atoms. The SMILES string of the molecule is CCCCC/C=C\C/C=C\C/C=C\CCCCCCC(=O)O[C@H](COC(=O)CCCCCCCCCCCC)COP(=O)(O)O. The van der Waals surface area contributed by atoms with E-state index >= 15 is 0 Å². The van der Waals surface area contributed by atoms with Crippen LogP contribution in [0, 0.1) is 0 Å². The second-order valence-electron chi connectivity index (χ2n) is 11.8. The van der Waals surface area contributed by atoms with Crippen molar-refractivity contribution in [2.75, 3.05) is 13.2 Å². The third-order valence-electron chi connectivity index (χ3n) is 7.41. The molecule has 0 fully saturated rings. The first kappa shape index (κ1) is 43.3. The number of ether oxygens (including phenoxy) is 2. The van der Waals surface area contributed by atoms with Crippen molar-refractivity contribution < 1.29 is 37.9 Å². The van der Waals surface area contributed by atoms with Crippen molar-refractivity contribution in [2.24, 2.45) is 0 Å². The van der Waals surface area contributed by atoms with E-state index in [1.165, 1.54) is 70.6 Å². The highest BCUT2D eigenvalue weighted by molar-refractivity contribution is 7.46. The van der Waals surface area contributed by atoms with Crippen LogP contribution in [0.3, 0.4) is 0 Å². The molecule has 0 aliphatic carbocycles. The number of phosphoric ester groups is 1. The summed E-state index contributed by atoms with van der Waals surface area (Å²) in [7, 11) is -4.75. The molecular formula is C36H65O8P. The van der Waals surface area contributed by atoms with Crippen LogP contribution < -0.4 is 0 Å². The van der Waals surface area contributed by atoms with Crippen LogP contribution in [-0.4, -0.2) is 41.0 Å². The highest BCUT2D eigenvalue weighted by Crippen LogP contribution is 2.35. The number of phosphoric acid groups is 1. The summed E-state index contributed by atoms with van der Waals surface area (Å²) in [5, 5.41) is 0. The molecule has 0 aromatic carbocycles. The van der Waals surface area contributed by atoms with E-state index in [0.29, 0.717) is 6.42 Å². The molecule has 9 heteroatoms. The van der Waals surface area contributed by atoms with E-state index in [-0.39, 0.29) is 19.4 Å². The van der Waals surface area contributed by atoms with E-state index in [2.05, 4.69) is 54.8 Å². The Morgan fingerprint density at radius 3 is 1.53 bits per heavy atom. The molecule has 2 N–H and O–H groups in total. The van der Waals surface area contributed by atoms with Gasteiger partial charge in [0, 0.05) is 12.8 Å². The van der Waals surface area contributed by atoms with Crippen molar-refractivity contribution in [2.45, 2.75) is 168 Å². The Balaban J connectivity index is 4.04. The van der Waals surface area contributed by atoms with Gasteiger partial charge in [0.15, 0.2) is 6.10 Å². The Morgan fingerprint density at radius 2 is 1.00 bits per heavy atom. The average Bonchev–Trinajstić information content (AvgIpc) is 3.00. The normalized spacial score (nSPS) is 12.9. The van der Waals surface area contributed by atoms with E-state index in [1.54, 1.807) is 0 Å². The van der Waals surface area contributed by atoms with Crippen molar-refractivity contribution in [3.8, 4) is 0 Å². The summed E-state index contributed by atoms with van der Waals surface area (Å²) in [6, 6.07) is 0. The molecule has 0 aromatic rings. The maximum absolute atomic E-state index is 12.3. The highest BCUT2D eigenvalue weighted by atomic mass is 31.2. The fourth-order valence-corrected chi connectivity index (χ4v) is 5.09. The van der Waals surface area contributed by atoms with Gasteiger partial charge in [-0.1, -0.05) is 134 Å². The Labute approximate surface area is 274 Å². The molecule has 0 rings (SSSR count). The van der Waals surface area contributed by atoms with Gasteiger partial charge in [-0.25, -0.2) is 4.57 Å². The van der Waals surface area contributed by atoms with Crippen molar-refractivity contribution in [1.29, 1.82) is 0 Å². The Morgan fingerprint density at radius 1 is 0.578 bits per heavy atom. The molecule has 0 unspecified atom stereocenters. The summed E-state index contributed by atoms with van der Waals surface area (Å²) in [6.07, 6.45) is 35.8. The number of hydrogen-bond donors (Lipinski definition) is 2. The molecule has 262 valence electrons. The Bertz CT molecular complexity index is 833. The Hall–Kier alpha value is -1.73. The third-order valence-corrected chi connectivity index (χ3v) is 7.90. The monoisotopic (exact) mass is 656 g/mol. The van der Waals surface area contributed by atoms with E-state index in [1.807, 2.05) is 0 Å². The van der Waals surface area contributed by atoms with Crippen LogP contribution >= 0.6 is 7.82 Å². The standard InChI is InChI=1S/C36H65O8P/c1-3-5-7-9-11-13-15-16-17-18-19-20-21-23-25-27-29-31-36(38)44-34(33-43-45(39,40)41)32-42-35(37)30-28-26-24-22-14-12-10-8-6-4-2/h11,13,16-17,19-20,34H,3-10,12,14-15,18,21-33H2,1-2H3,(H2,39,40,41)/b13-11-,17-16-,20-19-/t34-/m1/s1. The van der Waals surface area contributed by atoms with Gasteiger partial charge in [0.25, 0.3) is 0 Å². The van der Waals surface area contributed by atoms with Gasteiger partial charge in [-0.05, 0) is 51.4 Å². The van der Waals surface area contributed by atoms with Gasteiger partial charge < -0.3 is 19.3 Å². The van der Waals surface area contributed by atoms with Gasteiger partial charge in [-0.2, -0.15) is 0 Å². The van der Waals surface area contributed by atoms with Gasteiger partial charge in [-0.15, -0.1) is 0 Å². The fraction of sp³-hybridized carbons (Fsp3) is 0.778. The maximum Gasteiger partial charge on any atom is 0.469 e. The van der Waals surface area contributed by atoms with Crippen molar-refractivity contribution in [3.63, 3.8) is 0 Å². The van der Waals surface area contributed by atoms with Crippen LogP contribution in [0.5, 0.6) is 0 Å². The summed E-state index contributed by atoms with van der Waals surface area (Å²) in [5.41, 5.74) is 0. The quantitative estimate of drug-likeness (QED) is 0.0318. The zero-order valence-corrected chi connectivity index (χ0v) is 29.4. The Kier molecular flexibility index (Phi) is 31.0. The van der Waals surface area contributed by atoms with Gasteiger partial charge in [0.2, 0.25) is 0 Å². The van der Waals surface area contributed by atoms with Gasteiger partial charge in [-0.3, -0.25) is 14.1 Å². The average molecular weight is 657 g/mol. The molecule has 8 nitrogen and oxygen atoms in total. The summed E-state index contributed by atoms with van der Waals surface area (Å²) >= 11 is 0. The lowest BCUT2D eigenvalue weighted by atomic mass is 10.1. The number of allylic oxidation sites excluding steroid dienone is 6. The van der Waals surface area contributed by atoms with E-state index in [4.69, 9.17) is 19.3 Å². The van der Waals surface area contributed by atoms with Gasteiger partial charge >= 0.3 is 19.8 Å². The molecule has 1 atom stereocenters. The first-order valence-electron chi connectivity index (χ1n) is 17.8. The smallest absolute Gasteiger partial charge is 0.462 e.